The van der Waals surface area contributed by atoms with Gasteiger partial charge in [-0.05, 0) is 51.7 Å². The average Bonchev–Trinajstić information content (AvgIpc) is 3.45. The van der Waals surface area contributed by atoms with Gasteiger partial charge in [0.15, 0.2) is 0 Å². The van der Waals surface area contributed by atoms with E-state index < -0.39 is 12.1 Å². The summed E-state index contributed by atoms with van der Waals surface area (Å²) in [6, 6.07) is 11.9. The number of carboxylic acids is 1. The molecule has 4 heterocycles. The number of morpholine rings is 1. The van der Waals surface area contributed by atoms with E-state index in [1.165, 1.54) is 0 Å². The van der Waals surface area contributed by atoms with Crippen LogP contribution < -0.4 is 9.80 Å². The molecule has 1 aromatic carbocycles. The highest BCUT2D eigenvalue weighted by Crippen LogP contribution is 2.39. The fraction of sp³-hybridized carbons (Fsp3) is 0.433. The Morgan fingerprint density at radius 1 is 1.05 bits per heavy atom. The standard InChI is InChI=1S/C28H35N7O2.C2HF3O2/c1-4-33(14-13-32(2)3)27(36)22-8-5-7-21(19-22)25-24-10-12-35(23-9-6-11-29-20-23)26(24)31-28(30-25)34-15-17-37-18-16-34;3-2(4,5)1(6)7/h5-9,11,19-20H,4,10,12-18H2,1-3H3;(H,6,7). The van der Waals surface area contributed by atoms with E-state index in [0.29, 0.717) is 37.8 Å². The number of hydrogen-bond acceptors (Lipinski definition) is 9. The van der Waals surface area contributed by atoms with Crippen molar-refractivity contribution in [3.63, 3.8) is 0 Å². The zero-order valence-corrected chi connectivity index (χ0v) is 24.9. The number of anilines is 3. The molecular formula is C30H36F3N7O4. The van der Waals surface area contributed by atoms with Crippen molar-refractivity contribution in [3.05, 3.63) is 59.9 Å². The number of rotatable bonds is 8. The molecule has 1 fully saturated rings. The summed E-state index contributed by atoms with van der Waals surface area (Å²) in [5.41, 5.74) is 4.63. The number of carbonyl (C=O) groups is 2. The first kappa shape index (κ1) is 32.6. The molecule has 0 radical (unpaired) electrons. The van der Waals surface area contributed by atoms with Gasteiger partial charge in [-0.3, -0.25) is 9.78 Å². The van der Waals surface area contributed by atoms with Crippen LogP contribution in [0.2, 0.25) is 0 Å². The first-order valence-electron chi connectivity index (χ1n) is 14.2. The van der Waals surface area contributed by atoms with Gasteiger partial charge >= 0.3 is 12.1 Å². The van der Waals surface area contributed by atoms with Gasteiger partial charge in [-0.15, -0.1) is 0 Å². The summed E-state index contributed by atoms with van der Waals surface area (Å²) < 4.78 is 37.3. The number of alkyl halides is 3. The van der Waals surface area contributed by atoms with Crippen LogP contribution >= 0.6 is 0 Å². The SMILES string of the molecule is CCN(CCN(C)C)C(=O)c1cccc(-c2nc(N3CCOCC3)nc3c2CCN3c2cccnc2)c1.O=C(O)C(F)(F)F. The van der Waals surface area contributed by atoms with Crippen LogP contribution in [-0.2, 0) is 16.0 Å². The van der Waals surface area contributed by atoms with Gasteiger partial charge < -0.3 is 29.4 Å². The minimum absolute atomic E-state index is 0.0438. The van der Waals surface area contributed by atoms with E-state index >= 15 is 0 Å². The second kappa shape index (κ2) is 14.4. The molecule has 5 rings (SSSR count). The first-order valence-corrected chi connectivity index (χ1v) is 14.2. The van der Waals surface area contributed by atoms with Crippen molar-refractivity contribution in [2.45, 2.75) is 19.5 Å². The zero-order valence-electron chi connectivity index (χ0n) is 24.9. The lowest BCUT2D eigenvalue weighted by Crippen LogP contribution is -2.37. The Labute approximate surface area is 253 Å². The van der Waals surface area contributed by atoms with Gasteiger partial charge in [-0.25, -0.2) is 9.78 Å². The third-order valence-corrected chi connectivity index (χ3v) is 7.18. The summed E-state index contributed by atoms with van der Waals surface area (Å²) in [5.74, 6) is -1.10. The minimum atomic E-state index is -5.08. The fourth-order valence-corrected chi connectivity index (χ4v) is 4.86. The number of likely N-dealkylation sites (N-methyl/N-ethyl adjacent to an activating group) is 2. The second-order valence-corrected chi connectivity index (χ2v) is 10.5. The molecule has 3 aromatic rings. The molecule has 14 heteroatoms. The minimum Gasteiger partial charge on any atom is -0.475 e. The summed E-state index contributed by atoms with van der Waals surface area (Å²) >= 11 is 0. The monoisotopic (exact) mass is 615 g/mol. The Kier molecular flexibility index (Phi) is 10.7. The predicted molar refractivity (Wildman–Crippen MR) is 159 cm³/mol. The van der Waals surface area contributed by atoms with Crippen LogP contribution in [0.15, 0.2) is 48.8 Å². The predicted octanol–water partition coefficient (Wildman–Crippen LogP) is 3.73. The van der Waals surface area contributed by atoms with Gasteiger partial charge in [0.2, 0.25) is 5.95 Å². The first-order chi connectivity index (χ1) is 21.0. The molecule has 2 aromatic heterocycles. The number of fused-ring (bicyclic) bond motifs is 1. The van der Waals surface area contributed by atoms with Crippen LogP contribution in [0.5, 0.6) is 0 Å². The number of carbonyl (C=O) groups excluding carboxylic acids is 1. The third-order valence-electron chi connectivity index (χ3n) is 7.18. The van der Waals surface area contributed by atoms with Crippen molar-refractivity contribution in [2.75, 3.05) is 76.4 Å². The topological polar surface area (TPSA) is 115 Å². The molecule has 2 aliphatic rings. The van der Waals surface area contributed by atoms with Crippen LogP contribution in [0.1, 0.15) is 22.8 Å². The van der Waals surface area contributed by atoms with Crippen molar-refractivity contribution < 1.29 is 32.6 Å². The van der Waals surface area contributed by atoms with Gasteiger partial charge in [0, 0.05) is 62.2 Å². The molecule has 236 valence electrons. The normalized spacial score (nSPS) is 14.6. The van der Waals surface area contributed by atoms with E-state index in [4.69, 9.17) is 24.6 Å². The van der Waals surface area contributed by atoms with E-state index in [1.807, 2.05) is 62.4 Å². The lowest BCUT2D eigenvalue weighted by Gasteiger charge is -2.28. The number of amides is 1. The number of pyridine rings is 1. The summed E-state index contributed by atoms with van der Waals surface area (Å²) in [7, 11) is 4.05. The molecule has 1 N–H and O–H groups in total. The molecule has 0 aliphatic carbocycles. The summed E-state index contributed by atoms with van der Waals surface area (Å²) in [6.07, 6.45) is -0.603. The van der Waals surface area contributed by atoms with Crippen LogP contribution in [0, 0.1) is 0 Å². The molecule has 0 bridgehead atoms. The van der Waals surface area contributed by atoms with Crippen molar-refractivity contribution in [1.82, 2.24) is 24.8 Å². The number of hydrogen-bond donors (Lipinski definition) is 1. The fourth-order valence-electron chi connectivity index (χ4n) is 4.86. The number of carboxylic acid groups (broad SMARTS) is 1. The molecule has 1 amide bonds. The Bertz CT molecular complexity index is 1430. The van der Waals surface area contributed by atoms with Gasteiger partial charge in [0.05, 0.1) is 30.8 Å². The molecule has 11 nitrogen and oxygen atoms in total. The molecule has 44 heavy (non-hydrogen) atoms. The van der Waals surface area contributed by atoms with Gasteiger partial charge in [0.25, 0.3) is 5.91 Å². The zero-order chi connectivity index (χ0) is 31.9. The maximum Gasteiger partial charge on any atom is 0.490 e. The second-order valence-electron chi connectivity index (χ2n) is 10.5. The van der Waals surface area contributed by atoms with E-state index in [2.05, 4.69) is 25.8 Å². The Hall–Kier alpha value is -4.30. The third kappa shape index (κ3) is 7.99. The van der Waals surface area contributed by atoms with Crippen LogP contribution in [0.4, 0.5) is 30.6 Å². The van der Waals surface area contributed by atoms with Gasteiger partial charge in [-0.2, -0.15) is 18.2 Å². The smallest absolute Gasteiger partial charge is 0.475 e. The molecule has 2 aliphatic heterocycles. The van der Waals surface area contributed by atoms with Gasteiger partial charge in [0.1, 0.15) is 5.82 Å². The lowest BCUT2D eigenvalue weighted by atomic mass is 10.0. The number of aromatic nitrogens is 3. The summed E-state index contributed by atoms with van der Waals surface area (Å²) in [6.45, 7) is 7.83. The molecule has 0 atom stereocenters. The largest absolute Gasteiger partial charge is 0.490 e. The average molecular weight is 616 g/mol. The molecule has 0 spiro atoms. The Balaban J connectivity index is 0.000000566. The van der Waals surface area contributed by atoms with Crippen LogP contribution in [0.3, 0.4) is 0 Å². The van der Waals surface area contributed by atoms with E-state index in [-0.39, 0.29) is 5.91 Å². The van der Waals surface area contributed by atoms with Gasteiger partial charge in [-0.1, -0.05) is 12.1 Å². The maximum atomic E-state index is 13.4. The van der Waals surface area contributed by atoms with E-state index in [1.54, 1.807) is 6.20 Å². The molecule has 0 saturated carbocycles. The highest BCUT2D eigenvalue weighted by atomic mass is 19.4. The highest BCUT2D eigenvalue weighted by molar-refractivity contribution is 5.95. The van der Waals surface area contributed by atoms with Crippen LogP contribution in [-0.4, -0.2) is 114 Å². The van der Waals surface area contributed by atoms with Crippen molar-refractivity contribution in [2.24, 2.45) is 0 Å². The summed E-state index contributed by atoms with van der Waals surface area (Å²) in [5, 5.41) is 7.12. The number of ether oxygens (including phenoxy) is 1. The van der Waals surface area contributed by atoms with E-state index in [0.717, 1.165) is 60.9 Å². The number of halogens is 3. The number of nitrogens with zero attached hydrogens (tertiary/aromatic N) is 7. The van der Waals surface area contributed by atoms with Crippen molar-refractivity contribution in [1.29, 1.82) is 0 Å². The number of benzene rings is 1. The summed E-state index contributed by atoms with van der Waals surface area (Å²) in [4.78, 5) is 45.1. The highest BCUT2D eigenvalue weighted by Gasteiger charge is 2.38. The Morgan fingerprint density at radius 2 is 1.77 bits per heavy atom. The van der Waals surface area contributed by atoms with E-state index in [9.17, 15) is 18.0 Å². The van der Waals surface area contributed by atoms with Crippen LogP contribution in [0.25, 0.3) is 11.3 Å². The molecule has 1 saturated heterocycles. The lowest BCUT2D eigenvalue weighted by molar-refractivity contribution is -0.192. The maximum absolute atomic E-state index is 13.4. The van der Waals surface area contributed by atoms with Crippen molar-refractivity contribution in [3.8, 4) is 11.3 Å². The number of aliphatic carboxylic acids is 1. The quantitative estimate of drug-likeness (QED) is 0.402. The molecular weight excluding hydrogens is 579 g/mol. The Morgan fingerprint density at radius 3 is 2.39 bits per heavy atom. The van der Waals surface area contributed by atoms with Crippen molar-refractivity contribution >= 4 is 29.3 Å². The molecule has 0 unspecified atom stereocenters.